The number of aliphatic hydroxyl groups is 1. The van der Waals surface area contributed by atoms with Crippen LogP contribution in [0.25, 0.3) is 27.8 Å². The number of halogens is 2. The van der Waals surface area contributed by atoms with E-state index in [0.717, 1.165) is 23.8 Å². The summed E-state index contributed by atoms with van der Waals surface area (Å²) in [5, 5.41) is 19.1. The van der Waals surface area contributed by atoms with Crippen LogP contribution >= 0.6 is 11.6 Å². The van der Waals surface area contributed by atoms with Gasteiger partial charge in [-0.3, -0.25) is 4.79 Å². The van der Waals surface area contributed by atoms with Crippen LogP contribution in [-0.2, 0) is 0 Å². The van der Waals surface area contributed by atoms with E-state index in [-0.39, 0.29) is 17.8 Å². The summed E-state index contributed by atoms with van der Waals surface area (Å²) in [5.41, 5.74) is 3.27. The number of aliphatic hydroxyl groups excluding tert-OH is 1. The summed E-state index contributed by atoms with van der Waals surface area (Å²) in [6.07, 6.45) is 1.84. The number of rotatable bonds is 4. The van der Waals surface area contributed by atoms with E-state index < -0.39 is 6.10 Å². The van der Waals surface area contributed by atoms with Gasteiger partial charge in [-0.25, -0.2) is 9.07 Å². The van der Waals surface area contributed by atoms with Crippen molar-refractivity contribution in [1.82, 2.24) is 15.1 Å². The number of aromatic nitrogens is 2. The summed E-state index contributed by atoms with van der Waals surface area (Å²) >= 11 is 6.44. The molecule has 2 N–H and O–H groups in total. The summed E-state index contributed by atoms with van der Waals surface area (Å²) in [7, 11) is 0. The van der Waals surface area contributed by atoms with E-state index in [9.17, 15) is 14.3 Å². The predicted molar refractivity (Wildman–Crippen MR) is 123 cm³/mol. The molecular formula is C25H21ClFN3O2. The maximum absolute atomic E-state index is 13.5. The average molecular weight is 450 g/mol. The topological polar surface area (TPSA) is 67.2 Å². The van der Waals surface area contributed by atoms with Crippen LogP contribution in [0.4, 0.5) is 4.39 Å². The van der Waals surface area contributed by atoms with Gasteiger partial charge in [-0.2, -0.15) is 5.10 Å². The first-order valence-electron chi connectivity index (χ1n) is 10.5. The molecule has 162 valence electrons. The van der Waals surface area contributed by atoms with Crippen molar-refractivity contribution in [3.05, 3.63) is 83.1 Å². The fourth-order valence-electron chi connectivity index (χ4n) is 4.25. The Morgan fingerprint density at radius 2 is 1.88 bits per heavy atom. The Morgan fingerprint density at radius 3 is 2.59 bits per heavy atom. The van der Waals surface area contributed by atoms with Crippen LogP contribution in [0, 0.1) is 5.82 Å². The normalized spacial score (nSPS) is 18.2. The monoisotopic (exact) mass is 449 g/mol. The van der Waals surface area contributed by atoms with Crippen molar-refractivity contribution in [3.63, 3.8) is 0 Å². The summed E-state index contributed by atoms with van der Waals surface area (Å²) < 4.78 is 15.2. The molecule has 3 aromatic carbocycles. The van der Waals surface area contributed by atoms with E-state index in [4.69, 9.17) is 16.7 Å². The fraction of sp³-hybridized carbons (Fsp3) is 0.200. The maximum Gasteiger partial charge on any atom is 0.251 e. The van der Waals surface area contributed by atoms with Crippen LogP contribution in [0.1, 0.15) is 29.6 Å². The highest BCUT2D eigenvalue weighted by Crippen LogP contribution is 2.34. The lowest BCUT2D eigenvalue weighted by Crippen LogP contribution is -2.39. The maximum atomic E-state index is 13.5. The first kappa shape index (κ1) is 20.7. The van der Waals surface area contributed by atoms with Gasteiger partial charge in [0.1, 0.15) is 11.5 Å². The molecule has 1 heterocycles. The molecule has 1 aliphatic carbocycles. The molecule has 2 atom stereocenters. The molecule has 7 heteroatoms. The highest BCUT2D eigenvalue weighted by molar-refractivity contribution is 6.33. The van der Waals surface area contributed by atoms with Gasteiger partial charge in [-0.05, 0) is 67.8 Å². The number of nitrogens with one attached hydrogen (secondary N) is 1. The molecule has 32 heavy (non-hydrogen) atoms. The zero-order valence-electron chi connectivity index (χ0n) is 17.1. The summed E-state index contributed by atoms with van der Waals surface area (Å²) in [4.78, 5) is 12.9. The SMILES string of the molecule is O=C(NC1CCCC1O)c1ccc2c(-c3ccccc3Cl)nn(-c3ccc(F)cc3)c2c1. The van der Waals surface area contributed by atoms with Crippen molar-refractivity contribution in [2.24, 2.45) is 0 Å². The first-order chi connectivity index (χ1) is 15.5. The fourth-order valence-corrected chi connectivity index (χ4v) is 4.47. The predicted octanol–water partition coefficient (Wildman–Crippen LogP) is 5.13. The standard InChI is InChI=1S/C25H21ClFN3O2/c26-20-5-2-1-4-18(20)24-19-13-8-15(25(32)28-21-6-3-7-23(21)31)14-22(19)30(29-24)17-11-9-16(27)10-12-17/h1-2,4-5,8-14,21,23,31H,3,6-7H2,(H,28,32). The lowest BCUT2D eigenvalue weighted by Gasteiger charge is -2.16. The summed E-state index contributed by atoms with van der Waals surface area (Å²) in [5.74, 6) is -0.587. The van der Waals surface area contributed by atoms with Crippen molar-refractivity contribution in [2.75, 3.05) is 0 Å². The molecule has 5 nitrogen and oxygen atoms in total. The van der Waals surface area contributed by atoms with Crippen LogP contribution in [0.3, 0.4) is 0 Å². The Kier molecular flexibility index (Phi) is 5.41. The molecule has 0 aliphatic heterocycles. The van der Waals surface area contributed by atoms with Gasteiger partial charge in [-0.15, -0.1) is 0 Å². The van der Waals surface area contributed by atoms with E-state index in [0.29, 0.717) is 33.9 Å². The van der Waals surface area contributed by atoms with Gasteiger partial charge in [0, 0.05) is 16.5 Å². The van der Waals surface area contributed by atoms with Gasteiger partial charge in [0.15, 0.2) is 0 Å². The second kappa shape index (κ2) is 8.37. The third kappa shape index (κ3) is 3.76. The van der Waals surface area contributed by atoms with Crippen LogP contribution in [0.2, 0.25) is 5.02 Å². The average Bonchev–Trinajstić information content (AvgIpc) is 3.37. The third-order valence-electron chi connectivity index (χ3n) is 5.94. The summed E-state index contributed by atoms with van der Waals surface area (Å²) in [6.45, 7) is 0. The number of carbonyl (C=O) groups is 1. The minimum atomic E-state index is -0.515. The molecule has 0 bridgehead atoms. The Labute approximate surface area is 189 Å². The molecule has 1 saturated carbocycles. The summed E-state index contributed by atoms with van der Waals surface area (Å²) in [6, 6.07) is 18.6. The van der Waals surface area contributed by atoms with Gasteiger partial charge in [0.2, 0.25) is 0 Å². The second-order valence-electron chi connectivity index (χ2n) is 8.03. The Balaban J connectivity index is 1.63. The molecule has 4 aromatic rings. The number of benzene rings is 3. The molecule has 1 fully saturated rings. The second-order valence-corrected chi connectivity index (χ2v) is 8.43. The van der Waals surface area contributed by atoms with Crippen molar-refractivity contribution in [2.45, 2.75) is 31.4 Å². The molecule has 2 unspecified atom stereocenters. The largest absolute Gasteiger partial charge is 0.391 e. The van der Waals surface area contributed by atoms with Crippen LogP contribution in [0.15, 0.2) is 66.7 Å². The molecular weight excluding hydrogens is 429 g/mol. The van der Waals surface area contributed by atoms with Crippen molar-refractivity contribution in [1.29, 1.82) is 0 Å². The number of hydrogen-bond acceptors (Lipinski definition) is 3. The molecule has 5 rings (SSSR count). The van der Waals surface area contributed by atoms with E-state index in [2.05, 4.69) is 5.32 Å². The smallest absolute Gasteiger partial charge is 0.251 e. The third-order valence-corrected chi connectivity index (χ3v) is 6.27. The highest BCUT2D eigenvalue weighted by Gasteiger charge is 2.27. The zero-order chi connectivity index (χ0) is 22.2. The number of fused-ring (bicyclic) bond motifs is 1. The van der Waals surface area contributed by atoms with Crippen LogP contribution in [-0.4, -0.2) is 32.9 Å². The van der Waals surface area contributed by atoms with Gasteiger partial charge in [0.05, 0.1) is 28.4 Å². The van der Waals surface area contributed by atoms with Crippen molar-refractivity contribution < 1.29 is 14.3 Å². The van der Waals surface area contributed by atoms with E-state index >= 15 is 0 Å². The quantitative estimate of drug-likeness (QED) is 0.454. The minimum absolute atomic E-state index is 0.237. The molecule has 0 radical (unpaired) electrons. The lowest BCUT2D eigenvalue weighted by atomic mass is 10.1. The van der Waals surface area contributed by atoms with Crippen LogP contribution in [0.5, 0.6) is 0 Å². The van der Waals surface area contributed by atoms with Gasteiger partial charge < -0.3 is 10.4 Å². The molecule has 1 aromatic heterocycles. The number of amides is 1. The van der Waals surface area contributed by atoms with Gasteiger partial charge in [0.25, 0.3) is 5.91 Å². The van der Waals surface area contributed by atoms with E-state index in [1.165, 1.54) is 12.1 Å². The van der Waals surface area contributed by atoms with Crippen LogP contribution < -0.4 is 5.32 Å². The molecule has 0 saturated heterocycles. The number of carbonyl (C=O) groups excluding carboxylic acids is 1. The molecule has 0 spiro atoms. The Bertz CT molecular complexity index is 1300. The highest BCUT2D eigenvalue weighted by atomic mass is 35.5. The van der Waals surface area contributed by atoms with E-state index in [1.54, 1.807) is 35.0 Å². The number of nitrogens with zero attached hydrogens (tertiary/aromatic N) is 2. The number of hydrogen-bond donors (Lipinski definition) is 2. The Hall–Kier alpha value is -3.22. The van der Waals surface area contributed by atoms with Gasteiger partial charge in [-0.1, -0.05) is 29.8 Å². The first-order valence-corrected chi connectivity index (χ1v) is 10.9. The van der Waals surface area contributed by atoms with Gasteiger partial charge >= 0.3 is 0 Å². The lowest BCUT2D eigenvalue weighted by molar-refractivity contribution is 0.0873. The Morgan fingerprint density at radius 1 is 1.09 bits per heavy atom. The minimum Gasteiger partial charge on any atom is -0.391 e. The molecule has 1 aliphatic rings. The van der Waals surface area contributed by atoms with E-state index in [1.807, 2.05) is 24.3 Å². The zero-order valence-corrected chi connectivity index (χ0v) is 17.9. The molecule has 1 amide bonds. The van der Waals surface area contributed by atoms with Crippen molar-refractivity contribution in [3.8, 4) is 16.9 Å². The van der Waals surface area contributed by atoms with Crippen molar-refractivity contribution >= 4 is 28.4 Å².